The number of carboxylic acids is 1. The summed E-state index contributed by atoms with van der Waals surface area (Å²) in [7, 11) is 1.80. The molecule has 3 rings (SSSR count). The molecule has 0 bridgehead atoms. The molecule has 0 aromatic heterocycles. The third-order valence-corrected chi connectivity index (χ3v) is 4.65. The number of benzene rings is 1. The van der Waals surface area contributed by atoms with Crippen LogP contribution in [-0.2, 0) is 17.8 Å². The predicted molar refractivity (Wildman–Crippen MR) is 75.7 cm³/mol. The summed E-state index contributed by atoms with van der Waals surface area (Å²) in [4.78, 5) is 13.5. The lowest BCUT2D eigenvalue weighted by molar-refractivity contribution is 0.0267. The minimum absolute atomic E-state index is 0.382. The molecule has 0 amide bonds. The molecule has 1 heterocycles. The second-order valence-electron chi connectivity index (χ2n) is 5.87. The lowest BCUT2D eigenvalue weighted by Gasteiger charge is -2.34. The van der Waals surface area contributed by atoms with E-state index in [-0.39, 0.29) is 0 Å². The molecule has 1 aromatic carbocycles. The van der Waals surface area contributed by atoms with Gasteiger partial charge in [0.2, 0.25) is 0 Å². The van der Waals surface area contributed by atoms with Crippen LogP contribution >= 0.6 is 0 Å². The van der Waals surface area contributed by atoms with Crippen LogP contribution in [0.25, 0.3) is 0 Å². The summed E-state index contributed by atoms with van der Waals surface area (Å²) in [6.45, 7) is 1.81. The molecule has 1 aliphatic heterocycles. The Morgan fingerprint density at radius 3 is 2.85 bits per heavy atom. The lowest BCUT2D eigenvalue weighted by atomic mass is 9.92. The third kappa shape index (κ3) is 2.58. The van der Waals surface area contributed by atoms with E-state index in [9.17, 15) is 4.79 Å². The van der Waals surface area contributed by atoms with Crippen LogP contribution in [-0.4, -0.2) is 35.2 Å². The van der Waals surface area contributed by atoms with E-state index in [1.54, 1.807) is 13.2 Å². The number of hydrogen-bond donors (Lipinski definition) is 1. The Bertz CT molecular complexity index is 514. The second kappa shape index (κ2) is 5.54. The second-order valence-corrected chi connectivity index (χ2v) is 5.87. The molecule has 0 radical (unpaired) electrons. The summed E-state index contributed by atoms with van der Waals surface area (Å²) in [5, 5.41) is 9.07. The maximum absolute atomic E-state index is 11.0. The van der Waals surface area contributed by atoms with Crippen molar-refractivity contribution in [3.63, 3.8) is 0 Å². The van der Waals surface area contributed by atoms with Crippen LogP contribution < -0.4 is 0 Å². The maximum Gasteiger partial charge on any atom is 0.335 e. The van der Waals surface area contributed by atoms with Gasteiger partial charge in [-0.1, -0.05) is 6.07 Å². The van der Waals surface area contributed by atoms with Crippen LogP contribution in [0.3, 0.4) is 0 Å². The maximum atomic E-state index is 11.0. The summed E-state index contributed by atoms with van der Waals surface area (Å²) >= 11 is 0. The molecule has 0 saturated heterocycles. The van der Waals surface area contributed by atoms with Crippen LogP contribution in [0.1, 0.15) is 47.2 Å². The largest absolute Gasteiger partial charge is 0.478 e. The van der Waals surface area contributed by atoms with Gasteiger partial charge in [0.05, 0.1) is 11.7 Å². The van der Waals surface area contributed by atoms with Crippen molar-refractivity contribution in [1.82, 2.24) is 4.90 Å². The van der Waals surface area contributed by atoms with Gasteiger partial charge in [-0.15, -0.1) is 0 Å². The van der Waals surface area contributed by atoms with Crippen LogP contribution in [0.15, 0.2) is 18.2 Å². The zero-order valence-corrected chi connectivity index (χ0v) is 11.8. The fourth-order valence-electron chi connectivity index (χ4n) is 3.48. The number of hydrogen-bond acceptors (Lipinski definition) is 3. The standard InChI is InChI=1S/C16H21NO3/c1-20-15-4-2-3-14(8-15)17-9-12-6-5-11(16(18)19)7-13(12)10-17/h5-7,14-15H,2-4,8-10H2,1H3,(H,18,19). The Hall–Kier alpha value is -1.39. The molecule has 2 atom stereocenters. The Labute approximate surface area is 119 Å². The van der Waals surface area contributed by atoms with Gasteiger partial charge in [0.1, 0.15) is 0 Å². The first kappa shape index (κ1) is 13.6. The minimum atomic E-state index is -0.844. The Morgan fingerprint density at radius 1 is 1.30 bits per heavy atom. The Balaban J connectivity index is 1.72. The molecule has 1 N–H and O–H groups in total. The van der Waals surface area contributed by atoms with Gasteiger partial charge in [-0.05, 0) is 48.9 Å². The topological polar surface area (TPSA) is 49.8 Å². The Kier molecular flexibility index (Phi) is 3.76. The zero-order valence-electron chi connectivity index (χ0n) is 11.8. The molecule has 1 fully saturated rings. The molecular formula is C16H21NO3. The highest BCUT2D eigenvalue weighted by Gasteiger charge is 2.30. The van der Waals surface area contributed by atoms with Crippen molar-refractivity contribution in [1.29, 1.82) is 0 Å². The first-order chi connectivity index (χ1) is 9.67. The molecule has 1 saturated carbocycles. The lowest BCUT2D eigenvalue weighted by Crippen LogP contribution is -2.37. The smallest absolute Gasteiger partial charge is 0.335 e. The monoisotopic (exact) mass is 275 g/mol. The number of carbonyl (C=O) groups is 1. The van der Waals surface area contributed by atoms with Crippen molar-refractivity contribution in [2.75, 3.05) is 7.11 Å². The van der Waals surface area contributed by atoms with E-state index < -0.39 is 5.97 Å². The summed E-state index contributed by atoms with van der Waals surface area (Å²) in [6.07, 6.45) is 5.08. The molecule has 108 valence electrons. The van der Waals surface area contributed by atoms with E-state index in [2.05, 4.69) is 4.90 Å². The molecule has 1 aliphatic carbocycles. The van der Waals surface area contributed by atoms with Crippen molar-refractivity contribution in [3.8, 4) is 0 Å². The first-order valence-corrected chi connectivity index (χ1v) is 7.29. The van der Waals surface area contributed by atoms with Gasteiger partial charge >= 0.3 is 5.97 Å². The summed E-state index contributed by atoms with van der Waals surface area (Å²) < 4.78 is 5.50. The molecule has 4 heteroatoms. The number of aromatic carboxylic acids is 1. The Morgan fingerprint density at radius 2 is 2.10 bits per heavy atom. The van der Waals surface area contributed by atoms with Crippen LogP contribution in [0.2, 0.25) is 0 Å². The van der Waals surface area contributed by atoms with Gasteiger partial charge in [-0.25, -0.2) is 4.79 Å². The summed E-state index contributed by atoms with van der Waals surface area (Å²) in [6, 6.07) is 6.07. The van der Waals surface area contributed by atoms with E-state index >= 15 is 0 Å². The average Bonchev–Trinajstić information content (AvgIpc) is 2.90. The molecule has 4 nitrogen and oxygen atoms in total. The predicted octanol–water partition coefficient (Wildman–Crippen LogP) is 2.66. The van der Waals surface area contributed by atoms with Gasteiger partial charge in [0.25, 0.3) is 0 Å². The van der Waals surface area contributed by atoms with Crippen molar-refractivity contribution in [3.05, 3.63) is 34.9 Å². The van der Waals surface area contributed by atoms with E-state index in [4.69, 9.17) is 9.84 Å². The molecule has 20 heavy (non-hydrogen) atoms. The number of carboxylic acid groups (broad SMARTS) is 1. The number of rotatable bonds is 3. The van der Waals surface area contributed by atoms with Crippen molar-refractivity contribution < 1.29 is 14.6 Å². The van der Waals surface area contributed by atoms with Crippen molar-refractivity contribution in [2.45, 2.75) is 50.9 Å². The number of ether oxygens (including phenoxy) is 1. The number of nitrogens with zero attached hydrogens (tertiary/aromatic N) is 1. The highest BCUT2D eigenvalue weighted by atomic mass is 16.5. The molecular weight excluding hydrogens is 254 g/mol. The number of fused-ring (bicyclic) bond motifs is 1. The zero-order chi connectivity index (χ0) is 14.1. The summed E-state index contributed by atoms with van der Waals surface area (Å²) in [5.74, 6) is -0.844. The van der Waals surface area contributed by atoms with Gasteiger partial charge in [-0.3, -0.25) is 4.90 Å². The molecule has 0 spiro atoms. The van der Waals surface area contributed by atoms with Gasteiger partial charge in [-0.2, -0.15) is 0 Å². The van der Waals surface area contributed by atoms with Crippen LogP contribution in [0.5, 0.6) is 0 Å². The number of methoxy groups -OCH3 is 1. The fraction of sp³-hybridized carbons (Fsp3) is 0.562. The van der Waals surface area contributed by atoms with Crippen molar-refractivity contribution in [2.24, 2.45) is 0 Å². The van der Waals surface area contributed by atoms with E-state index in [1.807, 2.05) is 12.1 Å². The van der Waals surface area contributed by atoms with Gasteiger partial charge in [0.15, 0.2) is 0 Å². The molecule has 2 aliphatic rings. The van der Waals surface area contributed by atoms with Gasteiger partial charge < -0.3 is 9.84 Å². The normalized spacial score (nSPS) is 26.4. The van der Waals surface area contributed by atoms with E-state index in [0.717, 1.165) is 25.9 Å². The van der Waals surface area contributed by atoms with Crippen LogP contribution in [0, 0.1) is 0 Å². The highest BCUT2D eigenvalue weighted by Crippen LogP contribution is 2.32. The molecule has 2 unspecified atom stereocenters. The summed E-state index contributed by atoms with van der Waals surface area (Å²) in [5.41, 5.74) is 2.84. The highest BCUT2D eigenvalue weighted by molar-refractivity contribution is 5.87. The fourth-order valence-corrected chi connectivity index (χ4v) is 3.48. The van der Waals surface area contributed by atoms with Crippen LogP contribution in [0.4, 0.5) is 0 Å². The average molecular weight is 275 g/mol. The third-order valence-electron chi connectivity index (χ3n) is 4.65. The minimum Gasteiger partial charge on any atom is -0.478 e. The van der Waals surface area contributed by atoms with Crippen molar-refractivity contribution >= 4 is 5.97 Å². The molecule has 1 aromatic rings. The quantitative estimate of drug-likeness (QED) is 0.921. The van der Waals surface area contributed by atoms with E-state index in [1.165, 1.54) is 24.0 Å². The van der Waals surface area contributed by atoms with Gasteiger partial charge in [0, 0.05) is 26.2 Å². The van der Waals surface area contributed by atoms with E-state index in [0.29, 0.717) is 17.7 Å². The first-order valence-electron chi connectivity index (χ1n) is 7.29. The SMILES string of the molecule is COC1CCCC(N2Cc3ccc(C(=O)O)cc3C2)C1.